The van der Waals surface area contributed by atoms with Gasteiger partial charge in [-0.2, -0.15) is 0 Å². The maximum absolute atomic E-state index is 13.8. The summed E-state index contributed by atoms with van der Waals surface area (Å²) in [5.41, 5.74) is 0. The first-order chi connectivity index (χ1) is 9.58. The minimum atomic E-state index is -4.11. The Morgan fingerprint density at radius 2 is 1.95 bits per heavy atom. The molecule has 0 fully saturated rings. The van der Waals surface area contributed by atoms with Crippen LogP contribution in [-0.2, 0) is 24.8 Å². The van der Waals surface area contributed by atoms with E-state index in [1.54, 1.807) is 13.8 Å². The Balaban J connectivity index is 2.99. The van der Waals surface area contributed by atoms with E-state index < -0.39 is 35.7 Å². The molecule has 0 heterocycles. The number of ether oxygens (including phenoxy) is 1. The van der Waals surface area contributed by atoms with Crippen molar-refractivity contribution in [1.29, 1.82) is 0 Å². The first kappa shape index (κ1) is 18.0. The molecule has 120 valence electrons. The lowest BCUT2D eigenvalue weighted by atomic mass is 10.3. The number of rotatable bonds is 7. The molecule has 0 spiro atoms. The molecule has 7 nitrogen and oxygen atoms in total. The third kappa shape index (κ3) is 5.00. The number of nitrogens with one attached hydrogen (secondary N) is 1. The highest BCUT2D eigenvalue weighted by Crippen LogP contribution is 2.18. The number of nitrogens with two attached hydrogens (primary N) is 1. The van der Waals surface area contributed by atoms with Gasteiger partial charge in [-0.3, -0.25) is 0 Å². The molecule has 1 rings (SSSR count). The third-order valence-electron chi connectivity index (χ3n) is 2.53. The highest BCUT2D eigenvalue weighted by molar-refractivity contribution is 7.89. The molecule has 0 aliphatic rings. The van der Waals surface area contributed by atoms with E-state index in [-0.39, 0.29) is 12.6 Å². The number of primary sulfonamides is 1. The normalized spacial score (nSPS) is 14.1. The van der Waals surface area contributed by atoms with Crippen LogP contribution in [0.15, 0.2) is 28.0 Å². The lowest BCUT2D eigenvalue weighted by Crippen LogP contribution is -2.32. The molecule has 0 bridgehead atoms. The van der Waals surface area contributed by atoms with Crippen molar-refractivity contribution in [3.63, 3.8) is 0 Å². The summed E-state index contributed by atoms with van der Waals surface area (Å²) < 4.78 is 67.1. The first-order valence-electron chi connectivity index (χ1n) is 6.01. The van der Waals surface area contributed by atoms with Crippen molar-refractivity contribution in [2.75, 3.05) is 13.2 Å². The van der Waals surface area contributed by atoms with E-state index in [4.69, 9.17) is 9.88 Å². The van der Waals surface area contributed by atoms with E-state index >= 15 is 0 Å². The summed E-state index contributed by atoms with van der Waals surface area (Å²) >= 11 is 0. The minimum absolute atomic E-state index is 0.0352. The van der Waals surface area contributed by atoms with Crippen molar-refractivity contribution in [2.24, 2.45) is 5.14 Å². The molecule has 3 N–H and O–H groups in total. The van der Waals surface area contributed by atoms with E-state index in [1.807, 2.05) is 0 Å². The molecule has 0 aromatic heterocycles. The van der Waals surface area contributed by atoms with Crippen LogP contribution in [0, 0.1) is 5.82 Å². The van der Waals surface area contributed by atoms with Gasteiger partial charge in [0.2, 0.25) is 20.0 Å². The predicted molar refractivity (Wildman–Crippen MR) is 74.0 cm³/mol. The summed E-state index contributed by atoms with van der Waals surface area (Å²) in [5, 5.41) is 4.84. The fraction of sp³-hybridized carbons (Fsp3) is 0.455. The maximum Gasteiger partial charge on any atom is 0.243 e. The van der Waals surface area contributed by atoms with Crippen molar-refractivity contribution in [3.8, 4) is 0 Å². The minimum Gasteiger partial charge on any atom is -0.377 e. The van der Waals surface area contributed by atoms with Gasteiger partial charge in [-0.1, -0.05) is 0 Å². The molecule has 0 aliphatic heterocycles. The van der Waals surface area contributed by atoms with Gasteiger partial charge >= 0.3 is 0 Å². The van der Waals surface area contributed by atoms with Gasteiger partial charge in [0, 0.05) is 13.2 Å². The SMILES string of the molecule is CCOC(C)CNS(=O)(=O)c1ccc(S(N)(=O)=O)cc1F. The highest BCUT2D eigenvalue weighted by atomic mass is 32.2. The molecule has 1 aromatic carbocycles. The second-order valence-corrected chi connectivity index (χ2v) is 7.55. The van der Waals surface area contributed by atoms with Crippen LogP contribution in [0.4, 0.5) is 4.39 Å². The highest BCUT2D eigenvalue weighted by Gasteiger charge is 2.21. The summed E-state index contributed by atoms with van der Waals surface area (Å²) in [6.07, 6.45) is -0.378. The molecule has 1 atom stereocenters. The number of hydrogen-bond acceptors (Lipinski definition) is 5. The van der Waals surface area contributed by atoms with Gasteiger partial charge in [-0.05, 0) is 32.0 Å². The van der Waals surface area contributed by atoms with Crippen molar-refractivity contribution >= 4 is 20.0 Å². The Morgan fingerprint density at radius 3 is 2.43 bits per heavy atom. The molecular weight excluding hydrogens is 323 g/mol. The van der Waals surface area contributed by atoms with E-state index in [0.717, 1.165) is 12.1 Å². The quantitative estimate of drug-likeness (QED) is 0.734. The molecular formula is C11H17FN2O5S2. The molecule has 0 saturated carbocycles. The summed E-state index contributed by atoms with van der Waals surface area (Å²) in [6, 6.07) is 2.34. The van der Waals surface area contributed by atoms with Crippen LogP contribution < -0.4 is 9.86 Å². The van der Waals surface area contributed by atoms with Gasteiger partial charge in [-0.15, -0.1) is 0 Å². The van der Waals surface area contributed by atoms with Crippen molar-refractivity contribution in [2.45, 2.75) is 29.7 Å². The number of sulfonamides is 2. The third-order valence-corrected chi connectivity index (χ3v) is 4.90. The topological polar surface area (TPSA) is 116 Å². The smallest absolute Gasteiger partial charge is 0.243 e. The fourth-order valence-corrected chi connectivity index (χ4v) is 3.22. The van der Waals surface area contributed by atoms with Crippen molar-refractivity contribution < 1.29 is 26.0 Å². The average molecular weight is 340 g/mol. The summed E-state index contributed by atoms with van der Waals surface area (Å²) in [4.78, 5) is -1.15. The van der Waals surface area contributed by atoms with Crippen LogP contribution in [0.25, 0.3) is 0 Å². The van der Waals surface area contributed by atoms with Crippen LogP contribution in [-0.4, -0.2) is 36.1 Å². The second-order valence-electron chi connectivity index (χ2n) is 4.26. The zero-order valence-electron chi connectivity index (χ0n) is 11.5. The van der Waals surface area contributed by atoms with Crippen LogP contribution in [0.1, 0.15) is 13.8 Å². The summed E-state index contributed by atoms with van der Waals surface area (Å²) in [5.74, 6) is -1.20. The number of halogens is 1. The largest absolute Gasteiger partial charge is 0.377 e. The molecule has 0 radical (unpaired) electrons. The second kappa shape index (κ2) is 6.79. The average Bonchev–Trinajstić information content (AvgIpc) is 2.35. The van der Waals surface area contributed by atoms with E-state index in [2.05, 4.69) is 4.72 Å². The van der Waals surface area contributed by atoms with Gasteiger partial charge in [0.1, 0.15) is 10.7 Å². The van der Waals surface area contributed by atoms with Gasteiger partial charge in [0.25, 0.3) is 0 Å². The Bertz CT molecular complexity index is 703. The maximum atomic E-state index is 13.8. The van der Waals surface area contributed by atoms with E-state index in [0.29, 0.717) is 12.7 Å². The Hall–Kier alpha value is -1.07. The Labute approximate surface area is 123 Å². The molecule has 0 amide bonds. The zero-order valence-corrected chi connectivity index (χ0v) is 13.2. The molecule has 0 aliphatic carbocycles. The van der Waals surface area contributed by atoms with Gasteiger partial charge < -0.3 is 4.74 Å². The van der Waals surface area contributed by atoms with Gasteiger partial charge in [0.05, 0.1) is 11.0 Å². The first-order valence-corrected chi connectivity index (χ1v) is 9.04. The van der Waals surface area contributed by atoms with Crippen LogP contribution in [0.5, 0.6) is 0 Å². The van der Waals surface area contributed by atoms with Crippen molar-refractivity contribution in [3.05, 3.63) is 24.0 Å². The van der Waals surface area contributed by atoms with E-state index in [9.17, 15) is 21.2 Å². The number of benzene rings is 1. The van der Waals surface area contributed by atoms with Crippen molar-refractivity contribution in [1.82, 2.24) is 4.72 Å². The monoisotopic (exact) mass is 340 g/mol. The molecule has 1 aromatic rings. The Kier molecular flexibility index (Phi) is 5.82. The summed E-state index contributed by atoms with van der Waals surface area (Å²) in [6.45, 7) is 3.80. The predicted octanol–water partition coefficient (Wildman–Crippen LogP) is 0.176. The summed E-state index contributed by atoms with van der Waals surface area (Å²) in [7, 11) is -8.20. The number of hydrogen-bond donors (Lipinski definition) is 2. The van der Waals surface area contributed by atoms with Gasteiger partial charge in [-0.25, -0.2) is 31.1 Å². The fourth-order valence-electron chi connectivity index (χ4n) is 1.52. The lowest BCUT2D eigenvalue weighted by molar-refractivity contribution is 0.0799. The molecule has 21 heavy (non-hydrogen) atoms. The van der Waals surface area contributed by atoms with Crippen LogP contribution in [0.2, 0.25) is 0 Å². The van der Waals surface area contributed by atoms with Gasteiger partial charge in [0.15, 0.2) is 0 Å². The molecule has 1 unspecified atom stereocenters. The van der Waals surface area contributed by atoms with Crippen LogP contribution >= 0.6 is 0 Å². The van der Waals surface area contributed by atoms with E-state index in [1.165, 1.54) is 0 Å². The molecule has 10 heteroatoms. The Morgan fingerprint density at radius 1 is 1.33 bits per heavy atom. The standard InChI is InChI=1S/C11H17FN2O5S2/c1-3-19-8(2)7-14-21(17,18)11-5-4-9(6-10(11)12)20(13,15)16/h4-6,8,14H,3,7H2,1-2H3,(H2,13,15,16). The molecule has 0 saturated heterocycles. The van der Waals surface area contributed by atoms with Crippen LogP contribution in [0.3, 0.4) is 0 Å². The zero-order chi connectivity index (χ0) is 16.3. The lowest BCUT2D eigenvalue weighted by Gasteiger charge is -2.13.